The molecule has 1 spiro atoms. The fourth-order valence-corrected chi connectivity index (χ4v) is 5.08. The number of nitrogens with one attached hydrogen (secondary N) is 1. The number of aryl methyl sites for hydroxylation is 1. The van der Waals surface area contributed by atoms with Crippen LogP contribution in [0.5, 0.6) is 0 Å². The third-order valence-corrected chi connectivity index (χ3v) is 6.98. The third-order valence-electron chi connectivity index (χ3n) is 4.09. The van der Waals surface area contributed by atoms with Gasteiger partial charge in [-0.05, 0) is 19.1 Å². The quantitative estimate of drug-likeness (QED) is 0.854. The number of piperidine rings is 1. The second-order valence-electron chi connectivity index (χ2n) is 5.68. The SMILES string of the molecule is Cc1ccc(S(=O)(=O)NCC(=O)N2CCC3(CC2)OCCO3)s1. The van der Waals surface area contributed by atoms with E-state index in [0.717, 1.165) is 4.88 Å². The molecule has 1 aromatic rings. The van der Waals surface area contributed by atoms with Crippen LogP contribution in [0, 0.1) is 6.92 Å². The topological polar surface area (TPSA) is 84.9 Å². The van der Waals surface area contributed by atoms with Gasteiger partial charge in [-0.2, -0.15) is 0 Å². The minimum Gasteiger partial charge on any atom is -0.347 e. The van der Waals surface area contributed by atoms with Gasteiger partial charge >= 0.3 is 0 Å². The largest absolute Gasteiger partial charge is 0.347 e. The number of likely N-dealkylation sites (tertiary alicyclic amines) is 1. The van der Waals surface area contributed by atoms with Gasteiger partial charge in [0.15, 0.2) is 5.79 Å². The Morgan fingerprint density at radius 2 is 1.96 bits per heavy atom. The number of thiophene rings is 1. The van der Waals surface area contributed by atoms with Crippen molar-refractivity contribution >= 4 is 27.3 Å². The second kappa shape index (κ2) is 6.48. The zero-order valence-corrected chi connectivity index (χ0v) is 14.5. The molecule has 2 aliphatic rings. The molecule has 0 unspecified atom stereocenters. The Morgan fingerprint density at radius 1 is 1.30 bits per heavy atom. The van der Waals surface area contributed by atoms with Crippen LogP contribution < -0.4 is 4.72 Å². The van der Waals surface area contributed by atoms with Crippen LogP contribution in [0.1, 0.15) is 17.7 Å². The van der Waals surface area contributed by atoms with Crippen molar-refractivity contribution in [3.8, 4) is 0 Å². The summed E-state index contributed by atoms with van der Waals surface area (Å²) >= 11 is 1.19. The number of hydrogen-bond acceptors (Lipinski definition) is 6. The molecule has 1 N–H and O–H groups in total. The molecule has 1 amide bonds. The van der Waals surface area contributed by atoms with E-state index in [9.17, 15) is 13.2 Å². The number of nitrogens with zero attached hydrogens (tertiary/aromatic N) is 1. The summed E-state index contributed by atoms with van der Waals surface area (Å²) < 4.78 is 38.1. The summed E-state index contributed by atoms with van der Waals surface area (Å²) in [7, 11) is -3.62. The highest BCUT2D eigenvalue weighted by Crippen LogP contribution is 2.31. The Bertz CT molecular complexity index is 669. The number of ether oxygens (including phenoxy) is 2. The molecule has 0 aromatic carbocycles. The zero-order valence-electron chi connectivity index (χ0n) is 12.9. The van der Waals surface area contributed by atoms with Crippen molar-refractivity contribution in [2.24, 2.45) is 0 Å². The molecule has 0 aliphatic carbocycles. The maximum absolute atomic E-state index is 12.2. The van der Waals surface area contributed by atoms with Crippen LogP contribution in [0.25, 0.3) is 0 Å². The minimum atomic E-state index is -3.62. The highest BCUT2D eigenvalue weighted by Gasteiger charge is 2.40. The van der Waals surface area contributed by atoms with Gasteiger partial charge in [0, 0.05) is 30.8 Å². The van der Waals surface area contributed by atoms with E-state index < -0.39 is 15.8 Å². The first-order valence-electron chi connectivity index (χ1n) is 7.52. The van der Waals surface area contributed by atoms with Crippen LogP contribution in [-0.4, -0.2) is 57.9 Å². The van der Waals surface area contributed by atoms with Gasteiger partial charge in [0.1, 0.15) is 4.21 Å². The van der Waals surface area contributed by atoms with Crippen LogP contribution in [-0.2, 0) is 24.3 Å². The van der Waals surface area contributed by atoms with Gasteiger partial charge in [-0.15, -0.1) is 11.3 Å². The molecule has 2 aliphatic heterocycles. The first-order chi connectivity index (χ1) is 10.9. The molecule has 3 rings (SSSR count). The summed E-state index contributed by atoms with van der Waals surface area (Å²) in [4.78, 5) is 14.8. The van der Waals surface area contributed by atoms with Crippen LogP contribution >= 0.6 is 11.3 Å². The molecule has 0 bridgehead atoms. The molecular formula is C14H20N2O5S2. The number of carbonyl (C=O) groups is 1. The number of sulfonamides is 1. The molecule has 2 saturated heterocycles. The predicted octanol–water partition coefficient (Wildman–Crippen LogP) is 0.700. The summed E-state index contributed by atoms with van der Waals surface area (Å²) in [5.74, 6) is -0.764. The number of rotatable bonds is 4. The van der Waals surface area contributed by atoms with Gasteiger partial charge in [0.25, 0.3) is 10.0 Å². The lowest BCUT2D eigenvalue weighted by Gasteiger charge is -2.37. The lowest BCUT2D eigenvalue weighted by Crippen LogP contribution is -2.49. The van der Waals surface area contributed by atoms with Crippen LogP contribution in [0.3, 0.4) is 0 Å². The molecule has 0 radical (unpaired) electrons. The number of hydrogen-bond donors (Lipinski definition) is 1. The van der Waals surface area contributed by atoms with E-state index in [1.165, 1.54) is 11.3 Å². The first kappa shape index (κ1) is 16.8. The molecule has 1 aromatic heterocycles. The van der Waals surface area contributed by atoms with Crippen molar-refractivity contribution in [1.29, 1.82) is 0 Å². The first-order valence-corrected chi connectivity index (χ1v) is 9.82. The van der Waals surface area contributed by atoms with E-state index in [0.29, 0.717) is 39.1 Å². The van der Waals surface area contributed by atoms with E-state index in [4.69, 9.17) is 9.47 Å². The van der Waals surface area contributed by atoms with Crippen molar-refractivity contribution in [3.05, 3.63) is 17.0 Å². The molecule has 23 heavy (non-hydrogen) atoms. The lowest BCUT2D eigenvalue weighted by molar-refractivity contribution is -0.187. The number of amides is 1. The van der Waals surface area contributed by atoms with Gasteiger partial charge in [0.2, 0.25) is 5.91 Å². The molecular weight excluding hydrogens is 340 g/mol. The minimum absolute atomic E-state index is 0.227. The molecule has 9 heteroatoms. The van der Waals surface area contributed by atoms with Gasteiger partial charge < -0.3 is 14.4 Å². The molecule has 0 saturated carbocycles. The van der Waals surface area contributed by atoms with Crippen molar-refractivity contribution in [2.45, 2.75) is 29.8 Å². The summed E-state index contributed by atoms with van der Waals surface area (Å²) in [6, 6.07) is 3.29. The molecule has 0 atom stereocenters. The highest BCUT2D eigenvalue weighted by molar-refractivity contribution is 7.91. The Kier molecular flexibility index (Phi) is 4.75. The van der Waals surface area contributed by atoms with Crippen molar-refractivity contribution in [1.82, 2.24) is 9.62 Å². The van der Waals surface area contributed by atoms with Crippen molar-refractivity contribution < 1.29 is 22.7 Å². The smallest absolute Gasteiger partial charge is 0.250 e. The average Bonchev–Trinajstić information content (AvgIpc) is 3.16. The predicted molar refractivity (Wildman–Crippen MR) is 84.7 cm³/mol. The second-order valence-corrected chi connectivity index (χ2v) is 8.96. The maximum atomic E-state index is 12.2. The molecule has 7 nitrogen and oxygen atoms in total. The zero-order chi connectivity index (χ0) is 16.5. The normalized spacial score (nSPS) is 21.0. The summed E-state index contributed by atoms with van der Waals surface area (Å²) in [6.07, 6.45) is 1.24. The van der Waals surface area contributed by atoms with Crippen LogP contribution in [0.4, 0.5) is 0 Å². The number of carbonyl (C=O) groups excluding carboxylic acids is 1. The maximum Gasteiger partial charge on any atom is 0.250 e. The van der Waals surface area contributed by atoms with E-state index in [-0.39, 0.29) is 16.7 Å². The fourth-order valence-electron chi connectivity index (χ4n) is 2.78. The van der Waals surface area contributed by atoms with Gasteiger partial charge in [0.05, 0.1) is 19.8 Å². The summed E-state index contributed by atoms with van der Waals surface area (Å²) in [5, 5.41) is 0. The standard InChI is InChI=1S/C14H20N2O5S2/c1-11-2-3-13(22-11)23(18,19)15-10-12(17)16-6-4-14(5-7-16)20-8-9-21-14/h2-3,15H,4-10H2,1H3. The fraction of sp³-hybridized carbons (Fsp3) is 0.643. The van der Waals surface area contributed by atoms with E-state index in [1.807, 2.05) is 6.92 Å². The van der Waals surface area contributed by atoms with E-state index in [2.05, 4.69) is 4.72 Å². The van der Waals surface area contributed by atoms with Crippen molar-refractivity contribution in [2.75, 3.05) is 32.8 Å². The van der Waals surface area contributed by atoms with Crippen LogP contribution in [0.15, 0.2) is 16.3 Å². The Hall–Kier alpha value is -1.00. The Labute approximate surface area is 139 Å². The molecule has 3 heterocycles. The average molecular weight is 360 g/mol. The third kappa shape index (κ3) is 3.74. The van der Waals surface area contributed by atoms with Gasteiger partial charge in [-0.25, -0.2) is 13.1 Å². The molecule has 2 fully saturated rings. The Balaban J connectivity index is 1.52. The molecule has 128 valence electrons. The van der Waals surface area contributed by atoms with Crippen molar-refractivity contribution in [3.63, 3.8) is 0 Å². The van der Waals surface area contributed by atoms with E-state index >= 15 is 0 Å². The summed E-state index contributed by atoms with van der Waals surface area (Å²) in [6.45, 7) is 3.82. The van der Waals surface area contributed by atoms with Gasteiger partial charge in [-0.3, -0.25) is 4.79 Å². The highest BCUT2D eigenvalue weighted by atomic mass is 32.2. The lowest BCUT2D eigenvalue weighted by atomic mass is 10.0. The summed E-state index contributed by atoms with van der Waals surface area (Å²) in [5.41, 5.74) is 0. The monoisotopic (exact) mass is 360 g/mol. The van der Waals surface area contributed by atoms with Crippen LogP contribution in [0.2, 0.25) is 0 Å². The van der Waals surface area contributed by atoms with Gasteiger partial charge in [-0.1, -0.05) is 0 Å². The van der Waals surface area contributed by atoms with E-state index in [1.54, 1.807) is 17.0 Å². The Morgan fingerprint density at radius 3 is 2.52 bits per heavy atom.